The highest BCUT2D eigenvalue weighted by Crippen LogP contribution is 2.37. The third-order valence-corrected chi connectivity index (χ3v) is 3.53. The lowest BCUT2D eigenvalue weighted by molar-refractivity contribution is -0.173. The maximum Gasteiger partial charge on any atom is 0.412 e. The summed E-state index contributed by atoms with van der Waals surface area (Å²) in [4.78, 5) is 27.1. The van der Waals surface area contributed by atoms with E-state index in [9.17, 15) is 18.4 Å². The molecule has 6 nitrogen and oxygen atoms in total. The number of nitrogens with zero attached hydrogens (tertiary/aromatic N) is 1. The van der Waals surface area contributed by atoms with Gasteiger partial charge in [-0.1, -0.05) is 0 Å². The maximum atomic E-state index is 14.4. The molecule has 0 aromatic carbocycles. The van der Waals surface area contributed by atoms with E-state index in [1.165, 1.54) is 13.8 Å². The lowest BCUT2D eigenvalue weighted by Crippen LogP contribution is -2.33. The van der Waals surface area contributed by atoms with E-state index in [-0.39, 0.29) is 17.9 Å². The van der Waals surface area contributed by atoms with Gasteiger partial charge < -0.3 is 9.47 Å². The number of esters is 1. The molecule has 1 N–H and O–H groups in total. The number of hydrogen-bond acceptors (Lipinski definition) is 5. The molecule has 134 valence electrons. The van der Waals surface area contributed by atoms with Gasteiger partial charge in [-0.2, -0.15) is 8.78 Å². The standard InChI is InChI=1S/C15H19BrF2N2O4/c1-6-23-12(21)15(17,18)11-10(8(2)9(16)7-19-11)20-13(22)24-14(3,4)5/h7H,6H2,1-5H3,(H,20,22). The maximum absolute atomic E-state index is 14.4. The van der Waals surface area contributed by atoms with Crippen LogP contribution in [0, 0.1) is 6.92 Å². The molecule has 1 rings (SSSR count). The van der Waals surface area contributed by atoms with Gasteiger partial charge in [-0.05, 0) is 56.1 Å². The Morgan fingerprint density at radius 3 is 2.42 bits per heavy atom. The Labute approximate surface area is 147 Å². The minimum atomic E-state index is -4.02. The Morgan fingerprint density at radius 2 is 1.92 bits per heavy atom. The molecule has 0 radical (unpaired) electrons. The fourth-order valence-corrected chi connectivity index (χ4v) is 2.00. The van der Waals surface area contributed by atoms with E-state index >= 15 is 0 Å². The average Bonchev–Trinajstić information content (AvgIpc) is 2.42. The highest BCUT2D eigenvalue weighted by atomic mass is 79.9. The molecule has 0 aliphatic carbocycles. The smallest absolute Gasteiger partial charge is 0.412 e. The minimum Gasteiger partial charge on any atom is -0.461 e. The lowest BCUT2D eigenvalue weighted by atomic mass is 10.1. The summed E-state index contributed by atoms with van der Waals surface area (Å²) in [6, 6.07) is 0. The zero-order valence-corrected chi connectivity index (χ0v) is 15.6. The van der Waals surface area contributed by atoms with Gasteiger partial charge in [0.25, 0.3) is 0 Å². The van der Waals surface area contributed by atoms with Crippen LogP contribution in [0.5, 0.6) is 0 Å². The molecule has 1 heterocycles. The zero-order chi connectivity index (χ0) is 18.7. The number of halogens is 3. The van der Waals surface area contributed by atoms with Crippen LogP contribution in [0.15, 0.2) is 10.7 Å². The topological polar surface area (TPSA) is 77.5 Å². The van der Waals surface area contributed by atoms with Gasteiger partial charge in [-0.25, -0.2) is 9.59 Å². The molecule has 24 heavy (non-hydrogen) atoms. The van der Waals surface area contributed by atoms with Crippen molar-refractivity contribution in [2.24, 2.45) is 0 Å². The van der Waals surface area contributed by atoms with Gasteiger partial charge in [0.1, 0.15) is 11.3 Å². The summed E-state index contributed by atoms with van der Waals surface area (Å²) in [6.07, 6.45) is 0.185. The summed E-state index contributed by atoms with van der Waals surface area (Å²) in [7, 11) is 0. The molecule has 0 saturated carbocycles. The number of hydrogen-bond donors (Lipinski definition) is 1. The number of aromatic nitrogens is 1. The molecule has 0 bridgehead atoms. The van der Waals surface area contributed by atoms with Gasteiger partial charge in [-0.3, -0.25) is 10.3 Å². The third kappa shape index (κ3) is 4.86. The first kappa shape index (κ1) is 20.3. The van der Waals surface area contributed by atoms with Crippen LogP contribution >= 0.6 is 15.9 Å². The molecule has 0 fully saturated rings. The van der Waals surface area contributed by atoms with Crippen LogP contribution in [0.4, 0.5) is 19.3 Å². The highest BCUT2D eigenvalue weighted by Gasteiger charge is 2.47. The number of amides is 1. The second kappa shape index (κ2) is 7.42. The van der Waals surface area contributed by atoms with E-state index < -0.39 is 29.3 Å². The van der Waals surface area contributed by atoms with Crippen molar-refractivity contribution in [2.75, 3.05) is 11.9 Å². The van der Waals surface area contributed by atoms with Crippen LogP contribution in [0.2, 0.25) is 0 Å². The zero-order valence-electron chi connectivity index (χ0n) is 14.0. The van der Waals surface area contributed by atoms with Crippen molar-refractivity contribution in [3.8, 4) is 0 Å². The summed E-state index contributed by atoms with van der Waals surface area (Å²) in [5.41, 5.74) is -1.76. The first-order chi connectivity index (χ1) is 10.9. The van der Waals surface area contributed by atoms with E-state index in [0.29, 0.717) is 4.47 Å². The molecule has 0 aliphatic heterocycles. The molecule has 0 atom stereocenters. The molecule has 0 aliphatic rings. The molecular formula is C15H19BrF2N2O4. The number of rotatable bonds is 4. The Bertz CT molecular complexity index is 645. The van der Waals surface area contributed by atoms with Crippen LogP contribution in [-0.4, -0.2) is 29.3 Å². The van der Waals surface area contributed by atoms with Crippen LogP contribution < -0.4 is 5.32 Å². The molecule has 1 aromatic rings. The summed E-state index contributed by atoms with van der Waals surface area (Å²) in [6.45, 7) is 7.59. The van der Waals surface area contributed by atoms with Crippen molar-refractivity contribution >= 4 is 33.7 Å². The number of carbonyl (C=O) groups is 2. The first-order valence-electron chi connectivity index (χ1n) is 7.10. The van der Waals surface area contributed by atoms with Crippen molar-refractivity contribution in [1.82, 2.24) is 4.98 Å². The van der Waals surface area contributed by atoms with Gasteiger partial charge in [0, 0.05) is 10.7 Å². The largest absolute Gasteiger partial charge is 0.461 e. The molecule has 0 unspecified atom stereocenters. The number of alkyl halides is 2. The van der Waals surface area contributed by atoms with E-state index in [4.69, 9.17) is 4.74 Å². The van der Waals surface area contributed by atoms with E-state index in [1.54, 1.807) is 20.8 Å². The monoisotopic (exact) mass is 408 g/mol. The molecule has 1 amide bonds. The third-order valence-electron chi connectivity index (χ3n) is 2.73. The van der Waals surface area contributed by atoms with E-state index in [2.05, 4.69) is 31.0 Å². The second-order valence-electron chi connectivity index (χ2n) is 5.88. The van der Waals surface area contributed by atoms with Crippen LogP contribution in [0.1, 0.15) is 39.0 Å². The fraction of sp³-hybridized carbons (Fsp3) is 0.533. The van der Waals surface area contributed by atoms with Crippen LogP contribution in [-0.2, 0) is 20.2 Å². The Hall–Kier alpha value is -1.77. The van der Waals surface area contributed by atoms with Crippen molar-refractivity contribution in [1.29, 1.82) is 0 Å². The number of anilines is 1. The van der Waals surface area contributed by atoms with Crippen molar-refractivity contribution in [2.45, 2.75) is 46.1 Å². The van der Waals surface area contributed by atoms with Crippen molar-refractivity contribution < 1.29 is 27.8 Å². The van der Waals surface area contributed by atoms with Gasteiger partial charge in [-0.15, -0.1) is 0 Å². The first-order valence-corrected chi connectivity index (χ1v) is 7.90. The van der Waals surface area contributed by atoms with E-state index in [1.807, 2.05) is 0 Å². The Balaban J connectivity index is 3.31. The molecule has 0 saturated heterocycles. The Kier molecular flexibility index (Phi) is 6.26. The highest BCUT2D eigenvalue weighted by molar-refractivity contribution is 9.10. The predicted molar refractivity (Wildman–Crippen MR) is 87.1 cm³/mol. The molecule has 9 heteroatoms. The van der Waals surface area contributed by atoms with Crippen molar-refractivity contribution in [3.05, 3.63) is 21.9 Å². The summed E-state index contributed by atoms with van der Waals surface area (Å²) >= 11 is 3.15. The number of pyridine rings is 1. The van der Waals surface area contributed by atoms with Crippen molar-refractivity contribution in [3.63, 3.8) is 0 Å². The SMILES string of the molecule is CCOC(=O)C(F)(F)c1ncc(Br)c(C)c1NC(=O)OC(C)(C)C. The number of carbonyl (C=O) groups excluding carboxylic acids is 2. The summed E-state index contributed by atoms with van der Waals surface area (Å²) < 4.78 is 38.5. The summed E-state index contributed by atoms with van der Waals surface area (Å²) in [5.74, 6) is -5.77. The van der Waals surface area contributed by atoms with Crippen LogP contribution in [0.25, 0.3) is 0 Å². The number of ether oxygens (including phenoxy) is 2. The Morgan fingerprint density at radius 1 is 1.33 bits per heavy atom. The lowest BCUT2D eigenvalue weighted by Gasteiger charge is -2.23. The quantitative estimate of drug-likeness (QED) is 0.756. The second-order valence-corrected chi connectivity index (χ2v) is 6.73. The average molecular weight is 409 g/mol. The van der Waals surface area contributed by atoms with E-state index in [0.717, 1.165) is 6.20 Å². The van der Waals surface area contributed by atoms with Gasteiger partial charge in [0.15, 0.2) is 0 Å². The molecule has 0 spiro atoms. The molecule has 1 aromatic heterocycles. The molecular weight excluding hydrogens is 390 g/mol. The fourth-order valence-electron chi connectivity index (χ4n) is 1.69. The normalized spacial score (nSPS) is 11.8. The van der Waals surface area contributed by atoms with Gasteiger partial charge in [0.2, 0.25) is 0 Å². The summed E-state index contributed by atoms with van der Waals surface area (Å²) in [5, 5.41) is 2.24. The predicted octanol–water partition coefficient (Wildman–Crippen LogP) is 4.15. The minimum absolute atomic E-state index is 0.210. The van der Waals surface area contributed by atoms with Gasteiger partial charge >= 0.3 is 18.0 Å². The van der Waals surface area contributed by atoms with Crippen LogP contribution in [0.3, 0.4) is 0 Å². The number of nitrogens with one attached hydrogen (secondary N) is 1. The van der Waals surface area contributed by atoms with Gasteiger partial charge in [0.05, 0.1) is 12.3 Å².